The lowest BCUT2D eigenvalue weighted by Crippen LogP contribution is -2.26. The van der Waals surface area contributed by atoms with Crippen LogP contribution in [0.3, 0.4) is 0 Å². The number of hydrogen-bond acceptors (Lipinski definition) is 3. The Morgan fingerprint density at radius 1 is 1.30 bits per heavy atom. The predicted molar refractivity (Wildman–Crippen MR) is 76.2 cm³/mol. The Balaban J connectivity index is 1.97. The Morgan fingerprint density at radius 3 is 2.85 bits per heavy atom. The molecule has 0 atom stereocenters. The van der Waals surface area contributed by atoms with E-state index >= 15 is 0 Å². The molecule has 5 heteroatoms. The molecule has 1 aromatic carbocycles. The van der Waals surface area contributed by atoms with Gasteiger partial charge in [-0.15, -0.1) is 0 Å². The standard InChI is InChI=1S/C15H16FN3O/c1-17-14-12(5-2-6-13(14)16)15(20)19-9-7-11-4-3-8-18-10-11/h2-6,8,10,17H,7,9H2,1H3,(H,19,20). The second-order valence-electron chi connectivity index (χ2n) is 4.28. The molecule has 1 aromatic heterocycles. The minimum atomic E-state index is -0.438. The zero-order valence-corrected chi connectivity index (χ0v) is 11.2. The lowest BCUT2D eigenvalue weighted by atomic mass is 10.1. The molecular weight excluding hydrogens is 257 g/mol. The van der Waals surface area contributed by atoms with E-state index in [2.05, 4.69) is 15.6 Å². The number of amides is 1. The number of benzene rings is 1. The molecule has 2 rings (SSSR count). The van der Waals surface area contributed by atoms with Gasteiger partial charge in [-0.25, -0.2) is 4.39 Å². The molecule has 0 saturated carbocycles. The van der Waals surface area contributed by atoms with Gasteiger partial charge >= 0.3 is 0 Å². The van der Waals surface area contributed by atoms with Crippen LogP contribution in [0, 0.1) is 5.82 Å². The van der Waals surface area contributed by atoms with Crippen LogP contribution in [-0.2, 0) is 6.42 Å². The first-order valence-electron chi connectivity index (χ1n) is 6.35. The molecule has 1 amide bonds. The molecular formula is C15H16FN3O. The minimum absolute atomic E-state index is 0.214. The third kappa shape index (κ3) is 3.32. The monoisotopic (exact) mass is 273 g/mol. The first kappa shape index (κ1) is 14.0. The summed E-state index contributed by atoms with van der Waals surface area (Å²) < 4.78 is 13.5. The average Bonchev–Trinajstić information content (AvgIpc) is 2.48. The summed E-state index contributed by atoms with van der Waals surface area (Å²) in [6, 6.07) is 8.22. The van der Waals surface area contributed by atoms with Crippen molar-refractivity contribution in [3.63, 3.8) is 0 Å². The molecule has 20 heavy (non-hydrogen) atoms. The van der Waals surface area contributed by atoms with Crippen molar-refractivity contribution in [2.24, 2.45) is 0 Å². The van der Waals surface area contributed by atoms with Crippen LogP contribution in [0.25, 0.3) is 0 Å². The lowest BCUT2D eigenvalue weighted by molar-refractivity contribution is 0.0954. The van der Waals surface area contributed by atoms with Crippen LogP contribution >= 0.6 is 0 Å². The van der Waals surface area contributed by atoms with Crippen LogP contribution in [0.1, 0.15) is 15.9 Å². The fourth-order valence-electron chi connectivity index (χ4n) is 1.93. The Kier molecular flexibility index (Phi) is 4.65. The van der Waals surface area contributed by atoms with Gasteiger partial charge in [0.1, 0.15) is 5.82 Å². The number of rotatable bonds is 5. The summed E-state index contributed by atoms with van der Waals surface area (Å²) in [5, 5.41) is 5.48. The minimum Gasteiger partial charge on any atom is -0.385 e. The summed E-state index contributed by atoms with van der Waals surface area (Å²) >= 11 is 0. The van der Waals surface area contributed by atoms with E-state index in [4.69, 9.17) is 0 Å². The number of nitrogens with zero attached hydrogens (tertiary/aromatic N) is 1. The molecule has 2 N–H and O–H groups in total. The Morgan fingerprint density at radius 2 is 2.15 bits per heavy atom. The quantitative estimate of drug-likeness (QED) is 0.878. The van der Waals surface area contributed by atoms with Gasteiger partial charge in [0.15, 0.2) is 0 Å². The zero-order chi connectivity index (χ0) is 14.4. The van der Waals surface area contributed by atoms with E-state index in [1.54, 1.807) is 25.5 Å². The van der Waals surface area contributed by atoms with Gasteiger partial charge in [-0.05, 0) is 30.2 Å². The highest BCUT2D eigenvalue weighted by Crippen LogP contribution is 2.18. The fourth-order valence-corrected chi connectivity index (χ4v) is 1.93. The molecule has 4 nitrogen and oxygen atoms in total. The maximum atomic E-state index is 13.5. The normalized spacial score (nSPS) is 10.1. The third-order valence-corrected chi connectivity index (χ3v) is 2.93. The predicted octanol–water partition coefficient (Wildman–Crippen LogP) is 2.23. The number of anilines is 1. The lowest BCUT2D eigenvalue weighted by Gasteiger charge is -2.10. The number of carbonyl (C=O) groups is 1. The number of hydrogen-bond donors (Lipinski definition) is 2. The fraction of sp³-hybridized carbons (Fsp3) is 0.200. The molecule has 0 aliphatic carbocycles. The summed E-state index contributed by atoms with van der Waals surface area (Å²) in [6.45, 7) is 0.476. The number of halogens is 1. The van der Waals surface area contributed by atoms with E-state index < -0.39 is 5.82 Å². The topological polar surface area (TPSA) is 54.0 Å². The highest BCUT2D eigenvalue weighted by molar-refractivity contribution is 5.99. The number of nitrogens with one attached hydrogen (secondary N) is 2. The van der Waals surface area contributed by atoms with Crippen LogP contribution in [-0.4, -0.2) is 24.5 Å². The smallest absolute Gasteiger partial charge is 0.253 e. The summed E-state index contributed by atoms with van der Waals surface area (Å²) in [7, 11) is 1.59. The molecule has 1 heterocycles. The van der Waals surface area contributed by atoms with Gasteiger partial charge in [0.25, 0.3) is 5.91 Å². The van der Waals surface area contributed by atoms with Crippen LogP contribution < -0.4 is 10.6 Å². The second kappa shape index (κ2) is 6.65. The molecule has 104 valence electrons. The van der Waals surface area contributed by atoms with Gasteiger partial charge in [-0.2, -0.15) is 0 Å². The molecule has 0 aliphatic rings. The molecule has 0 saturated heterocycles. The van der Waals surface area contributed by atoms with Crippen molar-refractivity contribution < 1.29 is 9.18 Å². The largest absolute Gasteiger partial charge is 0.385 e. The average molecular weight is 273 g/mol. The van der Waals surface area contributed by atoms with Gasteiger partial charge in [-0.1, -0.05) is 12.1 Å². The van der Waals surface area contributed by atoms with E-state index in [9.17, 15) is 9.18 Å². The summed E-state index contributed by atoms with van der Waals surface area (Å²) in [6.07, 6.45) is 4.14. The van der Waals surface area contributed by atoms with Crippen molar-refractivity contribution in [1.82, 2.24) is 10.3 Å². The van der Waals surface area contributed by atoms with E-state index in [1.165, 1.54) is 12.1 Å². The van der Waals surface area contributed by atoms with Gasteiger partial charge < -0.3 is 10.6 Å². The maximum absolute atomic E-state index is 13.5. The molecule has 0 unspecified atom stereocenters. The highest BCUT2D eigenvalue weighted by Gasteiger charge is 2.13. The number of carbonyl (C=O) groups excluding carboxylic acids is 1. The van der Waals surface area contributed by atoms with Crippen molar-refractivity contribution >= 4 is 11.6 Å². The number of pyridine rings is 1. The van der Waals surface area contributed by atoms with E-state index in [0.29, 0.717) is 18.5 Å². The van der Waals surface area contributed by atoms with Crippen molar-refractivity contribution in [3.05, 3.63) is 59.7 Å². The van der Waals surface area contributed by atoms with Crippen molar-refractivity contribution in [2.75, 3.05) is 18.9 Å². The van der Waals surface area contributed by atoms with E-state index in [1.807, 2.05) is 12.1 Å². The molecule has 2 aromatic rings. The highest BCUT2D eigenvalue weighted by atomic mass is 19.1. The molecule has 0 fully saturated rings. The number of para-hydroxylation sites is 1. The second-order valence-corrected chi connectivity index (χ2v) is 4.28. The van der Waals surface area contributed by atoms with Crippen molar-refractivity contribution in [3.8, 4) is 0 Å². The molecule has 0 bridgehead atoms. The van der Waals surface area contributed by atoms with Crippen LogP contribution in [0.15, 0.2) is 42.7 Å². The van der Waals surface area contributed by atoms with E-state index in [-0.39, 0.29) is 11.6 Å². The van der Waals surface area contributed by atoms with Gasteiger partial charge in [0.05, 0.1) is 11.3 Å². The van der Waals surface area contributed by atoms with Crippen molar-refractivity contribution in [2.45, 2.75) is 6.42 Å². The van der Waals surface area contributed by atoms with Crippen LogP contribution in [0.2, 0.25) is 0 Å². The Hall–Kier alpha value is -2.43. The maximum Gasteiger partial charge on any atom is 0.253 e. The van der Waals surface area contributed by atoms with Gasteiger partial charge in [0, 0.05) is 26.0 Å². The van der Waals surface area contributed by atoms with Gasteiger partial charge in [0.2, 0.25) is 0 Å². The SMILES string of the molecule is CNc1c(F)cccc1C(=O)NCCc1cccnc1. The summed E-state index contributed by atoms with van der Waals surface area (Å²) in [4.78, 5) is 16.0. The molecule has 0 radical (unpaired) electrons. The molecule has 0 spiro atoms. The van der Waals surface area contributed by atoms with Crippen molar-refractivity contribution in [1.29, 1.82) is 0 Å². The zero-order valence-electron chi connectivity index (χ0n) is 11.2. The van der Waals surface area contributed by atoms with Crippen LogP contribution in [0.5, 0.6) is 0 Å². The Labute approximate surface area is 117 Å². The van der Waals surface area contributed by atoms with E-state index in [0.717, 1.165) is 5.56 Å². The third-order valence-electron chi connectivity index (χ3n) is 2.93. The van der Waals surface area contributed by atoms with Crippen LogP contribution in [0.4, 0.5) is 10.1 Å². The number of aromatic nitrogens is 1. The first-order chi connectivity index (χ1) is 9.72. The summed E-state index contributed by atoms with van der Waals surface area (Å²) in [5.41, 5.74) is 1.56. The Bertz CT molecular complexity index is 587. The first-order valence-corrected chi connectivity index (χ1v) is 6.35. The summed E-state index contributed by atoms with van der Waals surface area (Å²) in [5.74, 6) is -0.731. The molecule has 0 aliphatic heterocycles. The van der Waals surface area contributed by atoms with Gasteiger partial charge in [-0.3, -0.25) is 9.78 Å².